The maximum atomic E-state index is 13.2. The summed E-state index contributed by atoms with van der Waals surface area (Å²) in [7, 11) is 0. The van der Waals surface area contributed by atoms with Crippen molar-refractivity contribution in [2.45, 2.75) is 38.6 Å². The van der Waals surface area contributed by atoms with E-state index in [2.05, 4.69) is 27.4 Å². The number of carbonyl (C=O) groups is 2. The van der Waals surface area contributed by atoms with Crippen LogP contribution in [0.4, 0.5) is 4.39 Å². The molecule has 6 nitrogen and oxygen atoms in total. The van der Waals surface area contributed by atoms with Gasteiger partial charge in [-0.1, -0.05) is 24.3 Å². The topological polar surface area (TPSA) is 75.2 Å². The number of benzene rings is 1. The molecule has 0 unspecified atom stereocenters. The number of hydrogen-bond donors (Lipinski definition) is 1. The molecule has 1 aliphatic heterocycles. The zero-order chi connectivity index (χ0) is 21.0. The van der Waals surface area contributed by atoms with E-state index in [0.29, 0.717) is 13.1 Å². The predicted octanol–water partition coefficient (Wildman–Crippen LogP) is 3.51. The number of likely N-dealkylation sites (tertiary alicyclic amines) is 1. The van der Waals surface area contributed by atoms with Crippen LogP contribution in [0, 0.1) is 11.2 Å². The zero-order valence-electron chi connectivity index (χ0n) is 16.8. The molecule has 4 rings (SSSR count). The monoisotopic (exact) mass is 408 g/mol. The summed E-state index contributed by atoms with van der Waals surface area (Å²) in [6.45, 7) is 1.56. The molecular formula is C23H25FN4O2. The van der Waals surface area contributed by atoms with E-state index >= 15 is 0 Å². The quantitative estimate of drug-likeness (QED) is 0.786. The van der Waals surface area contributed by atoms with Crippen molar-refractivity contribution in [3.63, 3.8) is 0 Å². The molecular weight excluding hydrogens is 383 g/mol. The molecule has 0 saturated carbocycles. The van der Waals surface area contributed by atoms with Crippen LogP contribution in [-0.4, -0.2) is 39.8 Å². The maximum Gasteiger partial charge on any atom is 0.274 e. The summed E-state index contributed by atoms with van der Waals surface area (Å²) in [6, 6.07) is 5.88. The van der Waals surface area contributed by atoms with Gasteiger partial charge in [-0.3, -0.25) is 9.59 Å². The van der Waals surface area contributed by atoms with E-state index in [1.54, 1.807) is 12.1 Å². The molecule has 1 saturated heterocycles. The first-order chi connectivity index (χ1) is 14.6. The Kier molecular flexibility index (Phi) is 5.88. The molecule has 1 spiro atoms. The SMILES string of the molecule is O=C(NCc1ccc(F)cc1)c1nccnc1C(=O)N1CCC[C@]2(CC=CCC2)C1. The number of nitrogens with zero attached hydrogens (tertiary/aromatic N) is 3. The minimum Gasteiger partial charge on any atom is -0.347 e. The number of allylic oxidation sites excluding steroid dienone is 2. The van der Waals surface area contributed by atoms with Gasteiger partial charge in [0.25, 0.3) is 11.8 Å². The van der Waals surface area contributed by atoms with E-state index in [0.717, 1.165) is 37.7 Å². The summed E-state index contributed by atoms with van der Waals surface area (Å²) in [6.07, 6.45) is 12.5. The highest BCUT2D eigenvalue weighted by Crippen LogP contribution is 2.41. The van der Waals surface area contributed by atoms with Gasteiger partial charge in [-0.2, -0.15) is 0 Å². The van der Waals surface area contributed by atoms with Gasteiger partial charge in [0, 0.05) is 32.0 Å². The first-order valence-electron chi connectivity index (χ1n) is 10.3. The number of aromatic nitrogens is 2. The van der Waals surface area contributed by atoms with Gasteiger partial charge in [-0.25, -0.2) is 14.4 Å². The van der Waals surface area contributed by atoms with Gasteiger partial charge in [-0.05, 0) is 55.2 Å². The Morgan fingerprint density at radius 2 is 1.83 bits per heavy atom. The lowest BCUT2D eigenvalue weighted by Crippen LogP contribution is -2.47. The van der Waals surface area contributed by atoms with Gasteiger partial charge in [0.05, 0.1) is 0 Å². The highest BCUT2D eigenvalue weighted by Gasteiger charge is 2.38. The van der Waals surface area contributed by atoms with Crippen molar-refractivity contribution in [3.8, 4) is 0 Å². The van der Waals surface area contributed by atoms with Crippen LogP contribution in [0.5, 0.6) is 0 Å². The van der Waals surface area contributed by atoms with Gasteiger partial charge in [-0.15, -0.1) is 0 Å². The molecule has 1 N–H and O–H groups in total. The molecule has 2 amide bonds. The molecule has 1 fully saturated rings. The smallest absolute Gasteiger partial charge is 0.274 e. The normalized spacial score (nSPS) is 20.9. The van der Waals surface area contributed by atoms with Crippen molar-refractivity contribution in [3.05, 3.63) is 71.6 Å². The van der Waals surface area contributed by atoms with Crippen LogP contribution in [0.2, 0.25) is 0 Å². The number of carbonyl (C=O) groups excluding carboxylic acids is 2. The number of piperidine rings is 1. The van der Waals surface area contributed by atoms with Gasteiger partial charge in [0.15, 0.2) is 11.4 Å². The molecule has 1 aromatic carbocycles. The average molecular weight is 408 g/mol. The standard InChI is InChI=1S/C23H25FN4O2/c24-18-7-5-17(6-8-18)15-27-21(29)19-20(26-13-12-25-19)22(30)28-14-4-11-23(16-28)9-2-1-3-10-23/h1-2,5-8,12-13H,3-4,9-11,14-16H2,(H,27,29)/t23-/m1/s1. The molecule has 1 aliphatic carbocycles. The molecule has 30 heavy (non-hydrogen) atoms. The second kappa shape index (κ2) is 8.73. The Morgan fingerprint density at radius 1 is 1.07 bits per heavy atom. The fraction of sp³-hybridized carbons (Fsp3) is 0.391. The minimum atomic E-state index is -0.469. The lowest BCUT2D eigenvalue weighted by molar-refractivity contribution is 0.0476. The molecule has 2 heterocycles. The van der Waals surface area contributed by atoms with Crippen molar-refractivity contribution >= 4 is 11.8 Å². The summed E-state index contributed by atoms with van der Waals surface area (Å²) >= 11 is 0. The minimum absolute atomic E-state index is 0.0211. The van der Waals surface area contributed by atoms with E-state index in [1.807, 2.05) is 4.90 Å². The van der Waals surface area contributed by atoms with Crippen molar-refractivity contribution in [2.75, 3.05) is 13.1 Å². The largest absolute Gasteiger partial charge is 0.347 e. The fourth-order valence-corrected chi connectivity index (χ4v) is 4.37. The van der Waals surface area contributed by atoms with E-state index in [-0.39, 0.29) is 35.1 Å². The number of amides is 2. The maximum absolute atomic E-state index is 13.2. The average Bonchev–Trinajstić information content (AvgIpc) is 2.78. The van der Waals surface area contributed by atoms with Gasteiger partial charge < -0.3 is 10.2 Å². The first-order valence-corrected chi connectivity index (χ1v) is 10.3. The van der Waals surface area contributed by atoms with Crippen molar-refractivity contribution < 1.29 is 14.0 Å². The Balaban J connectivity index is 1.48. The van der Waals surface area contributed by atoms with E-state index < -0.39 is 5.91 Å². The van der Waals surface area contributed by atoms with Gasteiger partial charge >= 0.3 is 0 Å². The van der Waals surface area contributed by atoms with Crippen LogP contribution in [-0.2, 0) is 6.54 Å². The van der Waals surface area contributed by atoms with Gasteiger partial charge in [0.2, 0.25) is 0 Å². The third-order valence-electron chi connectivity index (χ3n) is 5.99. The lowest BCUT2D eigenvalue weighted by atomic mass is 9.71. The summed E-state index contributed by atoms with van der Waals surface area (Å²) in [5, 5.41) is 2.75. The zero-order valence-corrected chi connectivity index (χ0v) is 16.8. The summed E-state index contributed by atoms with van der Waals surface area (Å²) in [5.41, 5.74) is 0.991. The Hall–Kier alpha value is -3.09. The Bertz CT molecular complexity index is 960. The number of rotatable bonds is 4. The van der Waals surface area contributed by atoms with E-state index in [1.165, 1.54) is 24.5 Å². The van der Waals surface area contributed by atoms with Crippen molar-refractivity contribution in [2.24, 2.45) is 5.41 Å². The number of nitrogens with one attached hydrogen (secondary N) is 1. The van der Waals surface area contributed by atoms with Crippen LogP contribution in [0.1, 0.15) is 58.6 Å². The van der Waals surface area contributed by atoms with E-state index in [9.17, 15) is 14.0 Å². The Labute approximate surface area is 175 Å². The summed E-state index contributed by atoms with van der Waals surface area (Å²) in [4.78, 5) is 36.1. The summed E-state index contributed by atoms with van der Waals surface area (Å²) in [5.74, 6) is -1.05. The van der Waals surface area contributed by atoms with Crippen molar-refractivity contribution in [1.82, 2.24) is 20.2 Å². The highest BCUT2D eigenvalue weighted by atomic mass is 19.1. The third kappa shape index (κ3) is 4.40. The molecule has 0 radical (unpaired) electrons. The molecule has 2 aliphatic rings. The van der Waals surface area contributed by atoms with Crippen molar-refractivity contribution in [1.29, 1.82) is 0 Å². The predicted molar refractivity (Wildman–Crippen MR) is 110 cm³/mol. The number of halogens is 1. The summed E-state index contributed by atoms with van der Waals surface area (Å²) < 4.78 is 13.0. The second-order valence-electron chi connectivity index (χ2n) is 8.11. The van der Waals surface area contributed by atoms with Crippen LogP contribution >= 0.6 is 0 Å². The third-order valence-corrected chi connectivity index (χ3v) is 5.99. The molecule has 156 valence electrons. The highest BCUT2D eigenvalue weighted by molar-refractivity contribution is 6.04. The number of hydrogen-bond acceptors (Lipinski definition) is 4. The first kappa shape index (κ1) is 20.2. The van der Waals surface area contributed by atoms with Crippen LogP contribution in [0.15, 0.2) is 48.8 Å². The Morgan fingerprint density at radius 3 is 2.57 bits per heavy atom. The molecule has 1 aromatic heterocycles. The molecule has 2 aromatic rings. The lowest BCUT2D eigenvalue weighted by Gasteiger charge is -2.43. The fourth-order valence-electron chi connectivity index (χ4n) is 4.37. The van der Waals surface area contributed by atoms with Gasteiger partial charge in [0.1, 0.15) is 5.82 Å². The van der Waals surface area contributed by atoms with E-state index in [4.69, 9.17) is 0 Å². The van der Waals surface area contributed by atoms with Crippen LogP contribution in [0.25, 0.3) is 0 Å². The molecule has 7 heteroatoms. The second-order valence-corrected chi connectivity index (χ2v) is 8.11. The molecule has 1 atom stereocenters. The van der Waals surface area contributed by atoms with Crippen LogP contribution < -0.4 is 5.32 Å². The molecule has 0 bridgehead atoms. The van der Waals surface area contributed by atoms with Crippen LogP contribution in [0.3, 0.4) is 0 Å².